The molecule has 2 aliphatic rings. The second-order valence-corrected chi connectivity index (χ2v) is 7.87. The molecule has 2 heterocycles. The quantitative estimate of drug-likeness (QED) is 0.876. The molecule has 4 nitrogen and oxygen atoms in total. The van der Waals surface area contributed by atoms with Crippen molar-refractivity contribution in [3.8, 4) is 0 Å². The number of urea groups is 1. The monoisotopic (exact) mass is 367 g/mol. The van der Waals surface area contributed by atoms with E-state index in [2.05, 4.69) is 10.2 Å². The molecule has 2 aliphatic heterocycles. The SMILES string of the molecule is O=C(Nc1ccccc1)N1CCC2(CCN(Cc3cccc(F)c3)CC2)C1. The van der Waals surface area contributed by atoms with Crippen molar-refractivity contribution in [2.45, 2.75) is 25.8 Å². The number of carbonyl (C=O) groups excluding carboxylic acids is 1. The second kappa shape index (κ2) is 7.69. The Morgan fingerprint density at radius 1 is 1.00 bits per heavy atom. The minimum absolute atomic E-state index is 0.000246. The summed E-state index contributed by atoms with van der Waals surface area (Å²) in [7, 11) is 0. The van der Waals surface area contributed by atoms with Crippen LogP contribution in [0.3, 0.4) is 0 Å². The second-order valence-electron chi connectivity index (χ2n) is 7.87. The lowest BCUT2D eigenvalue weighted by atomic mass is 9.77. The summed E-state index contributed by atoms with van der Waals surface area (Å²) < 4.78 is 13.4. The molecule has 0 aliphatic carbocycles. The molecular weight excluding hydrogens is 341 g/mol. The van der Waals surface area contributed by atoms with Crippen LogP contribution in [0.1, 0.15) is 24.8 Å². The Morgan fingerprint density at radius 2 is 1.74 bits per heavy atom. The number of rotatable bonds is 3. The zero-order valence-corrected chi connectivity index (χ0v) is 15.5. The van der Waals surface area contributed by atoms with Gasteiger partial charge in [-0.2, -0.15) is 0 Å². The zero-order valence-electron chi connectivity index (χ0n) is 15.5. The van der Waals surface area contributed by atoms with Crippen molar-refractivity contribution in [2.24, 2.45) is 5.41 Å². The van der Waals surface area contributed by atoms with E-state index in [4.69, 9.17) is 0 Å². The van der Waals surface area contributed by atoms with E-state index in [1.807, 2.05) is 41.3 Å². The van der Waals surface area contributed by atoms with E-state index >= 15 is 0 Å². The van der Waals surface area contributed by atoms with Crippen LogP contribution in [0.4, 0.5) is 14.9 Å². The molecule has 142 valence electrons. The van der Waals surface area contributed by atoms with Crippen molar-refractivity contribution in [3.63, 3.8) is 0 Å². The average molecular weight is 367 g/mol. The number of hydrogen-bond acceptors (Lipinski definition) is 2. The summed E-state index contributed by atoms with van der Waals surface area (Å²) in [6.07, 6.45) is 3.26. The fraction of sp³-hybridized carbons (Fsp3) is 0.409. The number of benzene rings is 2. The summed E-state index contributed by atoms with van der Waals surface area (Å²) in [6, 6.07) is 16.5. The first-order chi connectivity index (χ1) is 13.1. The van der Waals surface area contributed by atoms with E-state index in [0.29, 0.717) is 0 Å². The molecule has 4 rings (SSSR count). The van der Waals surface area contributed by atoms with Crippen molar-refractivity contribution in [1.82, 2.24) is 9.80 Å². The summed E-state index contributed by atoms with van der Waals surface area (Å²) >= 11 is 0. The molecule has 5 heteroatoms. The van der Waals surface area contributed by atoms with Crippen molar-refractivity contribution in [3.05, 3.63) is 66.0 Å². The van der Waals surface area contributed by atoms with Crippen LogP contribution in [0.15, 0.2) is 54.6 Å². The first kappa shape index (κ1) is 18.0. The van der Waals surface area contributed by atoms with Gasteiger partial charge in [-0.25, -0.2) is 9.18 Å². The van der Waals surface area contributed by atoms with Gasteiger partial charge >= 0.3 is 6.03 Å². The molecule has 0 radical (unpaired) electrons. The Labute approximate surface area is 160 Å². The van der Waals surface area contributed by atoms with Gasteiger partial charge in [0.1, 0.15) is 5.82 Å². The molecule has 0 aromatic heterocycles. The third-order valence-corrected chi connectivity index (χ3v) is 5.96. The highest BCUT2D eigenvalue weighted by atomic mass is 19.1. The third-order valence-electron chi connectivity index (χ3n) is 5.96. The molecule has 0 atom stereocenters. The molecule has 1 N–H and O–H groups in total. The molecule has 2 aromatic rings. The highest BCUT2D eigenvalue weighted by Gasteiger charge is 2.42. The highest BCUT2D eigenvalue weighted by molar-refractivity contribution is 5.89. The molecule has 27 heavy (non-hydrogen) atoms. The zero-order chi connectivity index (χ0) is 18.7. The number of hydrogen-bond donors (Lipinski definition) is 1. The van der Waals surface area contributed by atoms with Gasteiger partial charge < -0.3 is 10.2 Å². The minimum atomic E-state index is -0.170. The number of halogens is 1. The first-order valence-corrected chi connectivity index (χ1v) is 9.70. The van der Waals surface area contributed by atoms with Gasteiger partial charge in [0, 0.05) is 25.3 Å². The molecule has 0 unspecified atom stereocenters. The lowest BCUT2D eigenvalue weighted by Gasteiger charge is -2.39. The molecule has 1 spiro atoms. The Balaban J connectivity index is 1.29. The molecule has 0 saturated carbocycles. The van der Waals surface area contributed by atoms with E-state index in [1.165, 1.54) is 6.07 Å². The van der Waals surface area contributed by atoms with Crippen LogP contribution < -0.4 is 5.32 Å². The van der Waals surface area contributed by atoms with Crippen molar-refractivity contribution >= 4 is 11.7 Å². The third kappa shape index (κ3) is 4.30. The molecule has 0 bridgehead atoms. The van der Waals surface area contributed by atoms with Gasteiger partial charge in [-0.15, -0.1) is 0 Å². The maximum Gasteiger partial charge on any atom is 0.321 e. The Morgan fingerprint density at radius 3 is 2.48 bits per heavy atom. The largest absolute Gasteiger partial charge is 0.324 e. The number of anilines is 1. The van der Waals surface area contributed by atoms with Gasteiger partial charge in [0.2, 0.25) is 0 Å². The highest BCUT2D eigenvalue weighted by Crippen LogP contribution is 2.40. The van der Waals surface area contributed by atoms with Gasteiger partial charge in [-0.05, 0) is 67.6 Å². The summed E-state index contributed by atoms with van der Waals surface area (Å²) in [5.41, 5.74) is 2.11. The molecule has 2 aromatic carbocycles. The van der Waals surface area contributed by atoms with E-state index in [0.717, 1.165) is 63.2 Å². The Kier molecular flexibility index (Phi) is 5.12. The lowest BCUT2D eigenvalue weighted by molar-refractivity contribution is 0.106. The van der Waals surface area contributed by atoms with E-state index in [9.17, 15) is 9.18 Å². The van der Waals surface area contributed by atoms with Crippen LogP contribution in [-0.4, -0.2) is 42.0 Å². The molecular formula is C22H26FN3O. The van der Waals surface area contributed by atoms with E-state index < -0.39 is 0 Å². The number of carbonyl (C=O) groups is 1. The van der Waals surface area contributed by atoms with Gasteiger partial charge in [0.25, 0.3) is 0 Å². The Bertz CT molecular complexity index is 787. The fourth-order valence-electron chi connectivity index (χ4n) is 4.32. The molecule has 2 amide bonds. The topological polar surface area (TPSA) is 35.6 Å². The summed E-state index contributed by atoms with van der Waals surface area (Å²) in [5, 5.41) is 2.99. The number of nitrogens with zero attached hydrogens (tertiary/aromatic N) is 2. The average Bonchev–Trinajstić information content (AvgIpc) is 3.09. The Hall–Kier alpha value is -2.40. The van der Waals surface area contributed by atoms with Gasteiger partial charge in [-0.1, -0.05) is 30.3 Å². The fourth-order valence-corrected chi connectivity index (χ4v) is 4.32. The van der Waals surface area contributed by atoms with Crippen molar-refractivity contribution in [2.75, 3.05) is 31.5 Å². The molecule has 2 saturated heterocycles. The number of piperidine rings is 1. The van der Waals surface area contributed by atoms with Crippen LogP contribution in [0, 0.1) is 11.2 Å². The number of nitrogens with one attached hydrogen (secondary N) is 1. The van der Waals surface area contributed by atoms with E-state index in [-0.39, 0.29) is 17.3 Å². The van der Waals surface area contributed by atoms with Gasteiger partial charge in [0.05, 0.1) is 0 Å². The number of para-hydroxylation sites is 1. The van der Waals surface area contributed by atoms with E-state index in [1.54, 1.807) is 12.1 Å². The first-order valence-electron chi connectivity index (χ1n) is 9.70. The van der Waals surface area contributed by atoms with Gasteiger partial charge in [-0.3, -0.25) is 4.90 Å². The maximum atomic E-state index is 13.4. The summed E-state index contributed by atoms with van der Waals surface area (Å²) in [4.78, 5) is 16.9. The van der Waals surface area contributed by atoms with Crippen LogP contribution >= 0.6 is 0 Å². The van der Waals surface area contributed by atoms with Crippen LogP contribution in [0.2, 0.25) is 0 Å². The number of likely N-dealkylation sites (tertiary alicyclic amines) is 2. The number of amides is 2. The van der Waals surface area contributed by atoms with Gasteiger partial charge in [0.15, 0.2) is 0 Å². The summed E-state index contributed by atoms with van der Waals surface area (Å²) in [6.45, 7) is 4.46. The van der Waals surface area contributed by atoms with Crippen LogP contribution in [-0.2, 0) is 6.54 Å². The lowest BCUT2D eigenvalue weighted by Crippen LogP contribution is -2.42. The van der Waals surface area contributed by atoms with Crippen LogP contribution in [0.5, 0.6) is 0 Å². The van der Waals surface area contributed by atoms with Crippen molar-refractivity contribution in [1.29, 1.82) is 0 Å². The summed E-state index contributed by atoms with van der Waals surface area (Å²) in [5.74, 6) is -0.170. The predicted molar refractivity (Wildman–Crippen MR) is 105 cm³/mol. The predicted octanol–water partition coefficient (Wildman–Crippen LogP) is 4.35. The van der Waals surface area contributed by atoms with Crippen molar-refractivity contribution < 1.29 is 9.18 Å². The minimum Gasteiger partial charge on any atom is -0.324 e. The molecule has 2 fully saturated rings. The smallest absolute Gasteiger partial charge is 0.321 e. The van der Waals surface area contributed by atoms with Crippen LogP contribution in [0.25, 0.3) is 0 Å². The normalized spacial score (nSPS) is 19.4. The maximum absolute atomic E-state index is 13.4. The standard InChI is InChI=1S/C22H26FN3O/c23-19-6-4-5-18(15-19)16-25-12-9-22(10-13-25)11-14-26(17-22)21(27)24-20-7-2-1-3-8-20/h1-8,15H,9-14,16-17H2,(H,24,27).